The Morgan fingerprint density at radius 3 is 2.52 bits per heavy atom. The Hall–Kier alpha value is -1.80. The Morgan fingerprint density at radius 2 is 1.86 bits per heavy atom. The number of nitrogens with one attached hydrogen (secondary N) is 2. The van der Waals surface area contributed by atoms with Gasteiger partial charge in [0.05, 0.1) is 11.3 Å². The number of benzene rings is 2. The van der Waals surface area contributed by atoms with Gasteiger partial charge in [-0.25, -0.2) is 9.59 Å². The van der Waals surface area contributed by atoms with Crippen molar-refractivity contribution >= 4 is 57.6 Å². The summed E-state index contributed by atoms with van der Waals surface area (Å²) in [5.41, 5.74) is 1.12. The maximum absolute atomic E-state index is 11.9. The molecule has 0 bridgehead atoms. The molecule has 0 heterocycles. The number of anilines is 2. The van der Waals surface area contributed by atoms with E-state index in [0.29, 0.717) is 16.4 Å². The minimum atomic E-state index is -1.05. The predicted octanol–water partition coefficient (Wildman–Crippen LogP) is 4.29. The lowest BCUT2D eigenvalue weighted by Gasteiger charge is -2.09. The quantitative estimate of drug-likeness (QED) is 0.653. The van der Waals surface area contributed by atoms with Gasteiger partial charge in [0.15, 0.2) is 0 Å². The van der Waals surface area contributed by atoms with Gasteiger partial charge < -0.3 is 15.7 Å². The molecule has 0 fully saturated rings. The molecule has 7 heteroatoms. The zero-order chi connectivity index (χ0) is 15.4. The van der Waals surface area contributed by atoms with E-state index in [1.807, 2.05) is 0 Å². The zero-order valence-corrected chi connectivity index (χ0v) is 13.5. The number of urea groups is 1. The van der Waals surface area contributed by atoms with Crippen LogP contribution in [0.1, 0.15) is 10.4 Å². The van der Waals surface area contributed by atoms with Crippen molar-refractivity contribution in [1.82, 2.24) is 0 Å². The SMILES string of the molecule is O=C(Nc1cccc(C(=O)O)c1)Nc1ccc(Cl)cc1I. The third-order valence-corrected chi connectivity index (χ3v) is 3.67. The van der Waals surface area contributed by atoms with Crippen LogP contribution in [0, 0.1) is 3.57 Å². The largest absolute Gasteiger partial charge is 0.478 e. The fourth-order valence-electron chi connectivity index (χ4n) is 1.61. The molecule has 3 N–H and O–H groups in total. The second kappa shape index (κ2) is 6.77. The van der Waals surface area contributed by atoms with Crippen molar-refractivity contribution in [3.8, 4) is 0 Å². The van der Waals surface area contributed by atoms with Gasteiger partial charge in [0.1, 0.15) is 0 Å². The molecule has 0 aliphatic carbocycles. The lowest BCUT2D eigenvalue weighted by Crippen LogP contribution is -2.20. The van der Waals surface area contributed by atoms with E-state index in [1.54, 1.807) is 30.3 Å². The molecular formula is C14H10ClIN2O3. The number of rotatable bonds is 3. The fraction of sp³-hybridized carbons (Fsp3) is 0. The summed E-state index contributed by atoms with van der Waals surface area (Å²) >= 11 is 7.90. The van der Waals surface area contributed by atoms with Crippen LogP contribution >= 0.6 is 34.2 Å². The molecule has 2 aromatic carbocycles. The predicted molar refractivity (Wildman–Crippen MR) is 90.2 cm³/mol. The lowest BCUT2D eigenvalue weighted by atomic mass is 10.2. The fourth-order valence-corrected chi connectivity index (χ4v) is 2.61. The number of carbonyl (C=O) groups is 2. The van der Waals surface area contributed by atoms with Crippen molar-refractivity contribution in [3.63, 3.8) is 0 Å². The Bertz CT molecular complexity index is 706. The van der Waals surface area contributed by atoms with Crippen molar-refractivity contribution in [2.75, 3.05) is 10.6 Å². The number of halogens is 2. The first-order chi connectivity index (χ1) is 9.95. The first-order valence-electron chi connectivity index (χ1n) is 5.82. The van der Waals surface area contributed by atoms with E-state index in [9.17, 15) is 9.59 Å². The number of carboxylic acids is 1. The van der Waals surface area contributed by atoms with Crippen LogP contribution in [0.5, 0.6) is 0 Å². The zero-order valence-electron chi connectivity index (χ0n) is 10.6. The van der Waals surface area contributed by atoms with E-state index >= 15 is 0 Å². The van der Waals surface area contributed by atoms with E-state index in [-0.39, 0.29) is 5.56 Å². The molecule has 0 aliphatic rings. The summed E-state index contributed by atoms with van der Waals surface area (Å²) in [5, 5.41) is 14.7. The van der Waals surface area contributed by atoms with E-state index in [1.165, 1.54) is 12.1 Å². The molecule has 0 aliphatic heterocycles. The number of hydrogen-bond acceptors (Lipinski definition) is 2. The molecule has 2 aromatic rings. The Labute approximate surface area is 139 Å². The lowest BCUT2D eigenvalue weighted by molar-refractivity contribution is 0.0697. The molecular weight excluding hydrogens is 407 g/mol. The Morgan fingerprint density at radius 1 is 1.10 bits per heavy atom. The van der Waals surface area contributed by atoms with Crippen LogP contribution in [-0.4, -0.2) is 17.1 Å². The second-order valence-electron chi connectivity index (χ2n) is 4.09. The molecule has 2 amide bonds. The monoisotopic (exact) mass is 416 g/mol. The number of carboxylic acid groups (broad SMARTS) is 1. The van der Waals surface area contributed by atoms with Gasteiger partial charge >= 0.3 is 12.0 Å². The normalized spacial score (nSPS) is 10.0. The van der Waals surface area contributed by atoms with Gasteiger partial charge in [-0.2, -0.15) is 0 Å². The summed E-state index contributed by atoms with van der Waals surface area (Å²) in [6.45, 7) is 0. The minimum absolute atomic E-state index is 0.105. The van der Waals surface area contributed by atoms with Gasteiger partial charge in [0.25, 0.3) is 0 Å². The van der Waals surface area contributed by atoms with E-state index in [4.69, 9.17) is 16.7 Å². The first kappa shape index (κ1) is 15.6. The average Bonchev–Trinajstić information content (AvgIpc) is 2.42. The molecule has 108 valence electrons. The topological polar surface area (TPSA) is 78.4 Å². The van der Waals surface area contributed by atoms with Gasteiger partial charge in [0, 0.05) is 14.3 Å². The molecule has 0 unspecified atom stereocenters. The maximum atomic E-state index is 11.9. The van der Waals surface area contributed by atoms with E-state index in [0.717, 1.165) is 3.57 Å². The second-order valence-corrected chi connectivity index (χ2v) is 5.69. The highest BCUT2D eigenvalue weighted by Gasteiger charge is 2.08. The highest BCUT2D eigenvalue weighted by atomic mass is 127. The van der Waals surface area contributed by atoms with Crippen LogP contribution in [0.4, 0.5) is 16.2 Å². The van der Waals surface area contributed by atoms with Crippen molar-refractivity contribution in [1.29, 1.82) is 0 Å². The highest BCUT2D eigenvalue weighted by molar-refractivity contribution is 14.1. The summed E-state index contributed by atoms with van der Waals surface area (Å²) < 4.78 is 0.800. The molecule has 2 rings (SSSR count). The standard InChI is InChI=1S/C14H10ClIN2O3/c15-9-4-5-12(11(16)7-9)18-14(21)17-10-3-1-2-8(6-10)13(19)20/h1-7H,(H,19,20)(H2,17,18,21). The van der Waals surface area contributed by atoms with Crippen molar-refractivity contribution < 1.29 is 14.7 Å². The third-order valence-electron chi connectivity index (χ3n) is 2.55. The molecule has 5 nitrogen and oxygen atoms in total. The molecule has 0 saturated carbocycles. The molecule has 0 radical (unpaired) electrons. The Balaban J connectivity index is 2.08. The van der Waals surface area contributed by atoms with Crippen LogP contribution < -0.4 is 10.6 Å². The smallest absolute Gasteiger partial charge is 0.335 e. The molecule has 0 aromatic heterocycles. The van der Waals surface area contributed by atoms with Crippen molar-refractivity contribution in [3.05, 3.63) is 56.6 Å². The summed E-state index contributed by atoms with van der Waals surface area (Å²) in [5.74, 6) is -1.05. The van der Waals surface area contributed by atoms with Crippen LogP contribution in [0.2, 0.25) is 5.02 Å². The summed E-state index contributed by atoms with van der Waals surface area (Å²) in [6.07, 6.45) is 0. The number of amides is 2. The minimum Gasteiger partial charge on any atom is -0.478 e. The van der Waals surface area contributed by atoms with Gasteiger partial charge in [-0.05, 0) is 59.0 Å². The van der Waals surface area contributed by atoms with Crippen LogP contribution in [-0.2, 0) is 0 Å². The number of aromatic carboxylic acids is 1. The van der Waals surface area contributed by atoms with Gasteiger partial charge in [0.2, 0.25) is 0 Å². The summed E-state index contributed by atoms with van der Waals surface area (Å²) in [6, 6.07) is 10.6. The molecule has 0 spiro atoms. The summed E-state index contributed by atoms with van der Waals surface area (Å²) in [7, 11) is 0. The number of carbonyl (C=O) groups excluding carboxylic acids is 1. The van der Waals surface area contributed by atoms with Crippen LogP contribution in [0.25, 0.3) is 0 Å². The summed E-state index contributed by atoms with van der Waals surface area (Å²) in [4.78, 5) is 22.8. The van der Waals surface area contributed by atoms with Gasteiger partial charge in [-0.1, -0.05) is 17.7 Å². The van der Waals surface area contributed by atoms with Crippen LogP contribution in [0.15, 0.2) is 42.5 Å². The maximum Gasteiger partial charge on any atom is 0.335 e. The molecule has 0 atom stereocenters. The molecule has 0 saturated heterocycles. The average molecular weight is 417 g/mol. The molecule has 21 heavy (non-hydrogen) atoms. The van der Waals surface area contributed by atoms with Gasteiger partial charge in [-0.15, -0.1) is 0 Å². The highest BCUT2D eigenvalue weighted by Crippen LogP contribution is 2.22. The third kappa shape index (κ3) is 4.33. The van der Waals surface area contributed by atoms with Crippen LogP contribution in [0.3, 0.4) is 0 Å². The van der Waals surface area contributed by atoms with E-state index < -0.39 is 12.0 Å². The first-order valence-corrected chi connectivity index (χ1v) is 7.28. The Kier molecular flexibility index (Phi) is 5.03. The van der Waals surface area contributed by atoms with Crippen molar-refractivity contribution in [2.45, 2.75) is 0 Å². The van der Waals surface area contributed by atoms with E-state index in [2.05, 4.69) is 33.2 Å². The van der Waals surface area contributed by atoms with Crippen molar-refractivity contribution in [2.24, 2.45) is 0 Å². The van der Waals surface area contributed by atoms with Gasteiger partial charge in [-0.3, -0.25) is 0 Å². The number of hydrogen-bond donors (Lipinski definition) is 3.